The van der Waals surface area contributed by atoms with Crippen molar-refractivity contribution in [3.63, 3.8) is 0 Å². The maximum absolute atomic E-state index is 7.63. The van der Waals surface area contributed by atoms with Crippen LogP contribution in [0.4, 0.5) is 0 Å². The van der Waals surface area contributed by atoms with Crippen LogP contribution in [0.25, 0.3) is 0 Å². The Kier molecular flexibility index (Phi) is 3.40. The molecule has 3 N–H and O–H groups in total. The minimum absolute atomic E-state index is 0. The minimum atomic E-state index is -0.715. The molecule has 1 rings (SSSR count). The van der Waals surface area contributed by atoms with E-state index >= 15 is 0 Å². The van der Waals surface area contributed by atoms with Crippen LogP contribution in [0.3, 0.4) is 0 Å². The number of aryl methyl sites for hydroxylation is 1. The largest absolute Gasteiger partial charge is 1.00 e. The van der Waals surface area contributed by atoms with Gasteiger partial charge in [-0.25, -0.2) is 0 Å². The first-order valence-corrected chi connectivity index (χ1v) is 3.42. The van der Waals surface area contributed by atoms with Crippen LogP contribution in [0.15, 0.2) is 24.3 Å². The topological polar surface area (TPSA) is 27.6 Å². The van der Waals surface area contributed by atoms with E-state index in [-0.39, 0.29) is 12.4 Å². The molecule has 0 saturated carbocycles. The van der Waals surface area contributed by atoms with Gasteiger partial charge in [-0.05, 0) is 13.8 Å². The molecule has 0 fully saturated rings. The number of hydrogen-bond donors (Lipinski definition) is 1. The normalized spacial score (nSPS) is 16.1. The van der Waals surface area contributed by atoms with E-state index in [1.165, 1.54) is 5.56 Å². The van der Waals surface area contributed by atoms with Gasteiger partial charge in [-0.1, -0.05) is 29.8 Å². The first-order valence-electron chi connectivity index (χ1n) is 3.92. The van der Waals surface area contributed by atoms with Gasteiger partial charge in [-0.3, -0.25) is 0 Å². The molecule has 62 valence electrons. The van der Waals surface area contributed by atoms with Gasteiger partial charge in [0.05, 0.1) is 0 Å². The molecule has 0 aliphatic heterocycles. The molecular formula is C9H14ClN. The number of hydrogen-bond acceptors (Lipinski definition) is 0. The Labute approximate surface area is 75.4 Å². The Morgan fingerprint density at radius 1 is 1.36 bits per heavy atom. The number of quaternary nitrogens is 1. The standard InChI is InChI=1S/C9H13N.ClH/c1-7-3-5-9(6-4-7)8(2)10;/h3-6,8H,10H2,1-2H3;1H/i8D;. The second kappa shape index (κ2) is 4.37. The highest BCUT2D eigenvalue weighted by Crippen LogP contribution is 2.07. The molecule has 0 bridgehead atoms. The van der Waals surface area contributed by atoms with Crippen molar-refractivity contribution in [2.24, 2.45) is 0 Å². The van der Waals surface area contributed by atoms with Crippen molar-refractivity contribution in [1.29, 1.82) is 0 Å². The van der Waals surface area contributed by atoms with Crippen molar-refractivity contribution in [2.75, 3.05) is 0 Å². The molecular weight excluding hydrogens is 158 g/mol. The average Bonchev–Trinajstić information content (AvgIpc) is 1.86. The lowest BCUT2D eigenvalue weighted by Crippen LogP contribution is -3.00. The van der Waals surface area contributed by atoms with E-state index in [1.807, 2.05) is 31.2 Å². The summed E-state index contributed by atoms with van der Waals surface area (Å²) >= 11 is 0. The van der Waals surface area contributed by atoms with Crippen LogP contribution in [0.2, 0.25) is 0 Å². The van der Waals surface area contributed by atoms with Crippen LogP contribution in [-0.4, -0.2) is 0 Å². The van der Waals surface area contributed by atoms with Gasteiger partial charge in [0.15, 0.2) is 0 Å². The summed E-state index contributed by atoms with van der Waals surface area (Å²) in [5.41, 5.74) is 5.92. The highest BCUT2D eigenvalue weighted by molar-refractivity contribution is 5.22. The number of rotatable bonds is 1. The predicted molar refractivity (Wildman–Crippen MR) is 42.5 cm³/mol. The Morgan fingerprint density at radius 2 is 1.82 bits per heavy atom. The summed E-state index contributed by atoms with van der Waals surface area (Å²) in [6, 6.07) is 7.21. The number of halogens is 1. The third-order valence-electron chi connectivity index (χ3n) is 1.54. The van der Waals surface area contributed by atoms with Crippen molar-refractivity contribution >= 4 is 0 Å². The zero-order valence-electron chi connectivity index (χ0n) is 7.89. The summed E-state index contributed by atoms with van der Waals surface area (Å²) in [6.45, 7) is 3.83. The lowest BCUT2D eigenvalue weighted by molar-refractivity contribution is -0.420. The zero-order chi connectivity index (χ0) is 8.48. The molecule has 0 saturated heterocycles. The van der Waals surface area contributed by atoms with Gasteiger partial charge < -0.3 is 18.1 Å². The van der Waals surface area contributed by atoms with Crippen molar-refractivity contribution in [2.45, 2.75) is 19.9 Å². The molecule has 0 heterocycles. The Bertz CT molecular complexity index is 238. The fourth-order valence-electron chi connectivity index (χ4n) is 0.838. The molecule has 0 aliphatic carbocycles. The molecule has 1 unspecified atom stereocenters. The lowest BCUT2D eigenvalue weighted by atomic mass is 10.1. The minimum Gasteiger partial charge on any atom is -1.00 e. The van der Waals surface area contributed by atoms with Gasteiger partial charge in [-0.2, -0.15) is 0 Å². The maximum Gasteiger partial charge on any atom is 0.107 e. The van der Waals surface area contributed by atoms with E-state index in [0.29, 0.717) is 0 Å². The fraction of sp³-hybridized carbons (Fsp3) is 0.333. The summed E-state index contributed by atoms with van der Waals surface area (Å²) in [5, 5.41) is 0. The average molecular weight is 173 g/mol. The summed E-state index contributed by atoms with van der Waals surface area (Å²) in [6.07, 6.45) is 0. The zero-order valence-corrected chi connectivity index (χ0v) is 7.65. The molecule has 0 aromatic heterocycles. The van der Waals surface area contributed by atoms with Crippen LogP contribution in [-0.2, 0) is 0 Å². The van der Waals surface area contributed by atoms with E-state index in [0.717, 1.165) is 5.56 Å². The molecule has 1 atom stereocenters. The Morgan fingerprint density at radius 3 is 2.18 bits per heavy atom. The Balaban J connectivity index is 0.00000121. The lowest BCUT2D eigenvalue weighted by Gasteiger charge is -2.00. The van der Waals surface area contributed by atoms with Crippen LogP contribution in [0, 0.1) is 6.92 Å². The SMILES string of the molecule is [2H]C(C)([NH3+])c1ccc(C)cc1.[Cl-]. The first-order chi connectivity index (χ1) is 5.00. The van der Waals surface area contributed by atoms with Gasteiger partial charge in [0.1, 0.15) is 7.39 Å². The maximum atomic E-state index is 7.63. The van der Waals surface area contributed by atoms with Crippen LogP contribution in [0.5, 0.6) is 0 Å². The molecule has 0 spiro atoms. The van der Waals surface area contributed by atoms with E-state index in [1.54, 1.807) is 6.92 Å². The molecule has 1 aromatic carbocycles. The summed E-state index contributed by atoms with van der Waals surface area (Å²) in [7, 11) is 0. The van der Waals surface area contributed by atoms with Crippen molar-refractivity contribution in [1.82, 2.24) is 0 Å². The summed E-state index contributed by atoms with van der Waals surface area (Å²) in [4.78, 5) is 0. The van der Waals surface area contributed by atoms with Crippen molar-refractivity contribution < 1.29 is 19.5 Å². The van der Waals surface area contributed by atoms with Crippen LogP contribution < -0.4 is 18.1 Å². The third-order valence-corrected chi connectivity index (χ3v) is 1.54. The van der Waals surface area contributed by atoms with Crippen molar-refractivity contribution in [3.05, 3.63) is 35.4 Å². The molecule has 0 radical (unpaired) electrons. The summed E-state index contributed by atoms with van der Waals surface area (Å²) in [5.74, 6) is 0. The first kappa shape index (κ1) is 8.57. The Hall–Kier alpha value is -0.530. The second-order valence-electron chi connectivity index (χ2n) is 2.65. The third kappa shape index (κ3) is 2.91. The smallest absolute Gasteiger partial charge is 0.107 e. The van der Waals surface area contributed by atoms with Gasteiger partial charge in [0.2, 0.25) is 0 Å². The number of benzene rings is 1. The molecule has 1 aromatic rings. The van der Waals surface area contributed by atoms with Gasteiger partial charge in [0, 0.05) is 5.56 Å². The predicted octanol–water partition coefficient (Wildman–Crippen LogP) is -1.70. The highest BCUT2D eigenvalue weighted by atomic mass is 35.5. The van der Waals surface area contributed by atoms with E-state index in [9.17, 15) is 0 Å². The molecule has 0 amide bonds. The van der Waals surface area contributed by atoms with Gasteiger partial charge in [0.25, 0.3) is 0 Å². The van der Waals surface area contributed by atoms with Gasteiger partial charge >= 0.3 is 0 Å². The monoisotopic (exact) mass is 172 g/mol. The fourth-order valence-corrected chi connectivity index (χ4v) is 0.838. The molecule has 0 aliphatic rings. The summed E-state index contributed by atoms with van der Waals surface area (Å²) < 4.78 is 7.63. The van der Waals surface area contributed by atoms with Crippen molar-refractivity contribution in [3.8, 4) is 0 Å². The molecule has 11 heavy (non-hydrogen) atoms. The van der Waals surface area contributed by atoms with E-state index < -0.39 is 6.02 Å². The van der Waals surface area contributed by atoms with E-state index in [4.69, 9.17) is 1.37 Å². The van der Waals surface area contributed by atoms with Gasteiger partial charge in [-0.15, -0.1) is 0 Å². The highest BCUT2D eigenvalue weighted by Gasteiger charge is 1.99. The second-order valence-corrected chi connectivity index (χ2v) is 2.65. The van der Waals surface area contributed by atoms with Crippen LogP contribution >= 0.6 is 0 Å². The molecule has 1 nitrogen and oxygen atoms in total. The quantitative estimate of drug-likeness (QED) is 0.524. The van der Waals surface area contributed by atoms with Crippen LogP contribution in [0.1, 0.15) is 25.4 Å². The van der Waals surface area contributed by atoms with E-state index in [2.05, 4.69) is 5.73 Å². The molecule has 2 heteroatoms.